The van der Waals surface area contributed by atoms with Gasteiger partial charge < -0.3 is 14.4 Å². The van der Waals surface area contributed by atoms with Gasteiger partial charge in [-0.25, -0.2) is 4.98 Å². The summed E-state index contributed by atoms with van der Waals surface area (Å²) in [4.78, 5) is 23.2. The molecule has 34 heavy (non-hydrogen) atoms. The number of benzene rings is 1. The lowest BCUT2D eigenvalue weighted by Crippen LogP contribution is -2.42. The summed E-state index contributed by atoms with van der Waals surface area (Å²) in [6, 6.07) is 14.1. The van der Waals surface area contributed by atoms with E-state index in [4.69, 9.17) is 9.40 Å². The zero-order chi connectivity index (χ0) is 23.3. The van der Waals surface area contributed by atoms with Gasteiger partial charge in [-0.1, -0.05) is 30.7 Å². The first-order valence-electron chi connectivity index (χ1n) is 11.9. The standard InChI is InChI=1S/C26H29N3O3S2/c30-15-11-20-8-3-4-12-28(20)13-6-14-29(25(31)24-10-5-16-33-24)26-27-21(18-34-26)23-17-19-7-1-2-9-22(19)32-23/h1-2,5,7,9-10,16-18,20,30H,3-4,6,8,11-15H2. The second-order valence-electron chi connectivity index (χ2n) is 8.65. The number of anilines is 1. The van der Waals surface area contributed by atoms with Gasteiger partial charge in [-0.05, 0) is 55.8 Å². The van der Waals surface area contributed by atoms with Crippen molar-refractivity contribution in [3.63, 3.8) is 0 Å². The third-order valence-corrected chi connectivity index (χ3v) is 8.14. The van der Waals surface area contributed by atoms with Crippen LogP contribution in [-0.4, -0.2) is 53.2 Å². The summed E-state index contributed by atoms with van der Waals surface area (Å²) in [5.74, 6) is 0.707. The summed E-state index contributed by atoms with van der Waals surface area (Å²) in [5, 5.41) is 15.1. The number of carbonyl (C=O) groups excluding carboxylic acids is 1. The van der Waals surface area contributed by atoms with Gasteiger partial charge in [0.15, 0.2) is 10.9 Å². The van der Waals surface area contributed by atoms with Crippen molar-refractivity contribution in [1.82, 2.24) is 9.88 Å². The molecule has 1 saturated heterocycles. The molecule has 1 atom stereocenters. The van der Waals surface area contributed by atoms with Gasteiger partial charge in [-0.3, -0.25) is 9.69 Å². The Kier molecular flexibility index (Phi) is 7.39. The number of hydrogen-bond donors (Lipinski definition) is 1. The third kappa shape index (κ3) is 5.10. The molecule has 0 saturated carbocycles. The predicted octanol–water partition coefficient (Wildman–Crippen LogP) is 5.89. The van der Waals surface area contributed by atoms with Crippen LogP contribution in [0.15, 0.2) is 57.6 Å². The third-order valence-electron chi connectivity index (χ3n) is 6.42. The van der Waals surface area contributed by atoms with E-state index < -0.39 is 0 Å². The molecule has 3 aromatic heterocycles. The van der Waals surface area contributed by atoms with Gasteiger partial charge in [0.2, 0.25) is 0 Å². The number of rotatable bonds is 9. The van der Waals surface area contributed by atoms with Crippen molar-refractivity contribution < 1.29 is 14.3 Å². The monoisotopic (exact) mass is 495 g/mol. The molecule has 1 unspecified atom stereocenters. The highest BCUT2D eigenvalue weighted by Crippen LogP contribution is 2.32. The zero-order valence-electron chi connectivity index (χ0n) is 19.1. The highest BCUT2D eigenvalue weighted by atomic mass is 32.1. The van der Waals surface area contributed by atoms with E-state index in [1.165, 1.54) is 35.5 Å². The quantitative estimate of drug-likeness (QED) is 0.313. The van der Waals surface area contributed by atoms with Gasteiger partial charge in [0, 0.05) is 36.5 Å². The van der Waals surface area contributed by atoms with E-state index in [-0.39, 0.29) is 12.5 Å². The first-order valence-corrected chi connectivity index (χ1v) is 13.6. The number of likely N-dealkylation sites (tertiary alicyclic amines) is 1. The maximum atomic E-state index is 13.4. The predicted molar refractivity (Wildman–Crippen MR) is 139 cm³/mol. The fourth-order valence-electron chi connectivity index (χ4n) is 4.69. The first kappa shape index (κ1) is 23.2. The normalized spacial score (nSPS) is 16.8. The van der Waals surface area contributed by atoms with Crippen LogP contribution >= 0.6 is 22.7 Å². The van der Waals surface area contributed by atoms with Crippen LogP contribution in [-0.2, 0) is 0 Å². The van der Waals surface area contributed by atoms with Gasteiger partial charge in [0.1, 0.15) is 11.3 Å². The highest BCUT2D eigenvalue weighted by molar-refractivity contribution is 7.14. The van der Waals surface area contributed by atoms with E-state index in [2.05, 4.69) is 4.90 Å². The van der Waals surface area contributed by atoms with E-state index in [0.717, 1.165) is 53.9 Å². The van der Waals surface area contributed by atoms with E-state index in [0.29, 0.717) is 23.5 Å². The van der Waals surface area contributed by atoms with Crippen LogP contribution in [0.5, 0.6) is 0 Å². The molecule has 5 rings (SSSR count). The molecule has 0 radical (unpaired) electrons. The summed E-state index contributed by atoms with van der Waals surface area (Å²) in [6.45, 7) is 2.82. The fourth-order valence-corrected chi connectivity index (χ4v) is 6.20. The van der Waals surface area contributed by atoms with Gasteiger partial charge >= 0.3 is 0 Å². The number of thiazole rings is 1. The number of carbonyl (C=O) groups is 1. The number of hydrogen-bond acceptors (Lipinski definition) is 7. The second kappa shape index (κ2) is 10.8. The number of fused-ring (bicyclic) bond motifs is 1. The minimum Gasteiger partial charge on any atom is -0.454 e. The van der Waals surface area contributed by atoms with Crippen LogP contribution < -0.4 is 4.90 Å². The van der Waals surface area contributed by atoms with E-state index in [9.17, 15) is 9.90 Å². The lowest BCUT2D eigenvalue weighted by atomic mass is 9.99. The molecular formula is C26H29N3O3S2. The molecule has 0 spiro atoms. The second-order valence-corrected chi connectivity index (χ2v) is 10.4. The van der Waals surface area contributed by atoms with E-state index >= 15 is 0 Å². The summed E-state index contributed by atoms with van der Waals surface area (Å²) in [6.07, 6.45) is 5.26. The average molecular weight is 496 g/mol. The number of para-hydroxylation sites is 1. The Morgan fingerprint density at radius 2 is 2.12 bits per heavy atom. The molecule has 4 heterocycles. The molecule has 1 aromatic carbocycles. The zero-order valence-corrected chi connectivity index (χ0v) is 20.7. The van der Waals surface area contributed by atoms with Crippen molar-refractivity contribution in [2.45, 2.75) is 38.1 Å². The Morgan fingerprint density at radius 3 is 2.94 bits per heavy atom. The Morgan fingerprint density at radius 1 is 1.21 bits per heavy atom. The van der Waals surface area contributed by atoms with Crippen molar-refractivity contribution in [2.24, 2.45) is 0 Å². The Balaban J connectivity index is 1.33. The van der Waals surface area contributed by atoms with E-state index in [1.54, 1.807) is 0 Å². The van der Waals surface area contributed by atoms with E-state index in [1.807, 2.05) is 58.1 Å². The Bertz CT molecular complexity index is 1180. The summed E-state index contributed by atoms with van der Waals surface area (Å²) in [7, 11) is 0. The van der Waals surface area contributed by atoms with Crippen molar-refractivity contribution in [3.8, 4) is 11.5 Å². The number of amides is 1. The smallest absolute Gasteiger partial charge is 0.270 e. The van der Waals surface area contributed by atoms with Crippen molar-refractivity contribution in [1.29, 1.82) is 0 Å². The Labute approximate surface area is 207 Å². The topological polar surface area (TPSA) is 69.8 Å². The number of thiophene rings is 1. The minimum atomic E-state index is -0.00828. The van der Waals surface area contributed by atoms with Crippen LogP contribution in [0.25, 0.3) is 22.4 Å². The SMILES string of the molecule is O=C(c1cccs1)N(CCCN1CCCCC1CCO)c1nc(-c2cc3ccccc3o2)cs1. The van der Waals surface area contributed by atoms with Crippen LogP contribution in [0.3, 0.4) is 0 Å². The number of piperidine rings is 1. The molecule has 0 aliphatic carbocycles. The van der Waals surface area contributed by atoms with Gasteiger partial charge in [0.25, 0.3) is 5.91 Å². The van der Waals surface area contributed by atoms with Crippen molar-refractivity contribution in [3.05, 3.63) is 58.1 Å². The van der Waals surface area contributed by atoms with Gasteiger partial charge in [0.05, 0.1) is 4.88 Å². The fraction of sp³-hybridized carbons (Fsp3) is 0.385. The van der Waals surface area contributed by atoms with Crippen LogP contribution in [0.1, 0.15) is 41.8 Å². The van der Waals surface area contributed by atoms with Crippen LogP contribution in [0, 0.1) is 0 Å². The molecular weight excluding hydrogens is 466 g/mol. The summed E-state index contributed by atoms with van der Waals surface area (Å²) < 4.78 is 5.99. The molecule has 1 N–H and O–H groups in total. The number of aliphatic hydroxyl groups is 1. The Hall–Kier alpha value is -2.52. The highest BCUT2D eigenvalue weighted by Gasteiger charge is 2.25. The van der Waals surface area contributed by atoms with Crippen molar-refractivity contribution >= 4 is 44.7 Å². The average Bonchev–Trinajstić information content (AvgIpc) is 3.63. The summed E-state index contributed by atoms with van der Waals surface area (Å²) in [5.41, 5.74) is 1.58. The molecule has 1 amide bonds. The molecule has 1 fully saturated rings. The molecule has 4 aromatic rings. The number of furan rings is 1. The van der Waals surface area contributed by atoms with Crippen LogP contribution in [0.2, 0.25) is 0 Å². The van der Waals surface area contributed by atoms with Gasteiger partial charge in [-0.2, -0.15) is 0 Å². The van der Waals surface area contributed by atoms with Crippen molar-refractivity contribution in [2.75, 3.05) is 31.1 Å². The maximum absolute atomic E-state index is 13.4. The number of nitrogens with zero attached hydrogens (tertiary/aromatic N) is 3. The lowest BCUT2D eigenvalue weighted by Gasteiger charge is -2.35. The number of aromatic nitrogens is 1. The minimum absolute atomic E-state index is 0.00828. The largest absolute Gasteiger partial charge is 0.454 e. The summed E-state index contributed by atoms with van der Waals surface area (Å²) >= 11 is 2.93. The van der Waals surface area contributed by atoms with Crippen LogP contribution in [0.4, 0.5) is 5.13 Å². The van der Waals surface area contributed by atoms with Gasteiger partial charge in [-0.15, -0.1) is 22.7 Å². The molecule has 0 bridgehead atoms. The molecule has 1 aliphatic heterocycles. The maximum Gasteiger partial charge on any atom is 0.270 e. The lowest BCUT2D eigenvalue weighted by molar-refractivity contribution is 0.0983. The number of aliphatic hydroxyl groups excluding tert-OH is 1. The molecule has 8 heteroatoms. The molecule has 178 valence electrons. The molecule has 1 aliphatic rings. The molecule has 6 nitrogen and oxygen atoms in total. The first-order chi connectivity index (χ1) is 16.7.